The zero-order chi connectivity index (χ0) is 14.2. The molecule has 1 heterocycles. The van der Waals surface area contributed by atoms with Crippen LogP contribution in [0.5, 0.6) is 0 Å². The van der Waals surface area contributed by atoms with E-state index in [0.717, 1.165) is 29.2 Å². The van der Waals surface area contributed by atoms with Crippen LogP contribution < -0.4 is 5.73 Å². The van der Waals surface area contributed by atoms with Crippen LogP contribution in [-0.2, 0) is 5.54 Å². The van der Waals surface area contributed by atoms with Crippen molar-refractivity contribution in [3.63, 3.8) is 0 Å². The molecule has 0 unspecified atom stereocenters. The Morgan fingerprint density at radius 2 is 1.71 bits per heavy atom. The van der Waals surface area contributed by atoms with E-state index in [0.29, 0.717) is 0 Å². The van der Waals surface area contributed by atoms with E-state index < -0.39 is 0 Å². The summed E-state index contributed by atoms with van der Waals surface area (Å²) in [5.41, 5.74) is 10.3. The van der Waals surface area contributed by atoms with E-state index in [1.807, 2.05) is 0 Å². The Labute approximate surface area is 125 Å². The van der Waals surface area contributed by atoms with Crippen molar-refractivity contribution in [2.75, 3.05) is 5.73 Å². The Morgan fingerprint density at radius 3 is 2.33 bits per heavy atom. The summed E-state index contributed by atoms with van der Waals surface area (Å²) in [4.78, 5) is 4.71. The van der Waals surface area contributed by atoms with Gasteiger partial charge in [0.15, 0.2) is 0 Å². The molecule has 0 amide bonds. The lowest BCUT2D eigenvalue weighted by molar-refractivity contribution is -0.0398. The zero-order valence-electron chi connectivity index (χ0n) is 12.7. The maximum atomic E-state index is 6.40. The molecular weight excluding hydrogens is 258 g/mol. The fourth-order valence-corrected chi connectivity index (χ4v) is 6.09. The van der Waals surface area contributed by atoms with Crippen LogP contribution in [0.2, 0.25) is 0 Å². The Morgan fingerprint density at radius 1 is 1.10 bits per heavy atom. The quantitative estimate of drug-likeness (QED) is 0.862. The van der Waals surface area contributed by atoms with Gasteiger partial charge in [-0.3, -0.25) is 0 Å². The smallest absolute Gasteiger partial charge is 0.201 e. The highest BCUT2D eigenvalue weighted by molar-refractivity contribution is 5.82. The molecule has 3 nitrogen and oxygen atoms in total. The minimum atomic E-state index is 0.265. The summed E-state index contributed by atoms with van der Waals surface area (Å²) >= 11 is 0. The summed E-state index contributed by atoms with van der Waals surface area (Å²) in [6.45, 7) is 2.14. The number of para-hydroxylation sites is 1. The molecule has 1 aromatic carbocycles. The largest absolute Gasteiger partial charge is 0.369 e. The summed E-state index contributed by atoms with van der Waals surface area (Å²) in [6.07, 6.45) is 8.36. The van der Waals surface area contributed by atoms with Crippen LogP contribution >= 0.6 is 0 Å². The van der Waals surface area contributed by atoms with Crippen LogP contribution in [0.25, 0.3) is 11.0 Å². The van der Waals surface area contributed by atoms with Crippen LogP contribution in [0.1, 0.15) is 44.1 Å². The Hall–Kier alpha value is -1.51. The topological polar surface area (TPSA) is 43.8 Å². The molecule has 0 saturated heterocycles. The van der Waals surface area contributed by atoms with Crippen molar-refractivity contribution < 1.29 is 0 Å². The minimum Gasteiger partial charge on any atom is -0.369 e. The van der Waals surface area contributed by atoms with E-state index in [9.17, 15) is 0 Å². The van der Waals surface area contributed by atoms with E-state index in [4.69, 9.17) is 10.7 Å². The molecule has 1 aromatic heterocycles. The van der Waals surface area contributed by atoms with Gasteiger partial charge in [0.05, 0.1) is 11.0 Å². The number of nitrogens with two attached hydrogens (primary N) is 1. The van der Waals surface area contributed by atoms with E-state index in [-0.39, 0.29) is 5.54 Å². The fraction of sp³-hybridized carbons (Fsp3) is 0.611. The molecule has 4 bridgehead atoms. The number of nitrogens with zero attached hydrogens (tertiary/aromatic N) is 2. The number of imidazole rings is 1. The molecule has 0 radical (unpaired) electrons. The van der Waals surface area contributed by atoms with Crippen molar-refractivity contribution in [3.8, 4) is 0 Å². The molecule has 110 valence electrons. The zero-order valence-corrected chi connectivity index (χ0v) is 12.7. The van der Waals surface area contributed by atoms with Crippen LogP contribution in [-0.4, -0.2) is 9.55 Å². The highest BCUT2D eigenvalue weighted by Crippen LogP contribution is 2.59. The molecule has 2 N–H and O–H groups in total. The molecule has 3 heteroatoms. The molecule has 4 saturated carbocycles. The molecule has 0 aliphatic heterocycles. The molecular formula is C18H23N3. The first-order valence-corrected chi connectivity index (χ1v) is 8.39. The van der Waals surface area contributed by atoms with Gasteiger partial charge in [-0.2, -0.15) is 0 Å². The molecule has 21 heavy (non-hydrogen) atoms. The van der Waals surface area contributed by atoms with Gasteiger partial charge in [0.25, 0.3) is 0 Å². The SMILES string of the molecule is Cc1cccc2c1nc(N)n2C12CC3CC(CC(C3)C1)C2. The second-order valence-corrected chi connectivity index (χ2v) is 7.89. The fourth-order valence-electron chi connectivity index (χ4n) is 6.09. The Kier molecular flexibility index (Phi) is 2.20. The third-order valence-electron chi connectivity index (χ3n) is 6.39. The van der Waals surface area contributed by atoms with Crippen molar-refractivity contribution in [1.29, 1.82) is 0 Å². The van der Waals surface area contributed by atoms with Crippen LogP contribution in [0.15, 0.2) is 18.2 Å². The van der Waals surface area contributed by atoms with Gasteiger partial charge in [0.1, 0.15) is 0 Å². The summed E-state index contributed by atoms with van der Waals surface area (Å²) in [6, 6.07) is 6.50. The highest BCUT2D eigenvalue weighted by Gasteiger charge is 2.52. The maximum Gasteiger partial charge on any atom is 0.201 e. The van der Waals surface area contributed by atoms with E-state index in [1.54, 1.807) is 0 Å². The first-order valence-electron chi connectivity index (χ1n) is 8.39. The monoisotopic (exact) mass is 281 g/mol. The minimum absolute atomic E-state index is 0.265. The maximum absolute atomic E-state index is 6.40. The van der Waals surface area contributed by atoms with Crippen LogP contribution in [0.3, 0.4) is 0 Å². The summed E-state index contributed by atoms with van der Waals surface area (Å²) in [7, 11) is 0. The molecule has 2 aromatic rings. The van der Waals surface area contributed by atoms with Gasteiger partial charge in [0, 0.05) is 5.54 Å². The van der Waals surface area contributed by atoms with Crippen molar-refractivity contribution in [1.82, 2.24) is 9.55 Å². The van der Waals surface area contributed by atoms with Gasteiger partial charge in [-0.15, -0.1) is 0 Å². The number of rotatable bonds is 1. The van der Waals surface area contributed by atoms with Crippen molar-refractivity contribution >= 4 is 17.0 Å². The Balaban J connectivity index is 1.74. The lowest BCUT2D eigenvalue weighted by Crippen LogP contribution is -2.52. The van der Waals surface area contributed by atoms with E-state index in [1.165, 1.54) is 49.6 Å². The predicted octanol–water partition coefficient (Wildman–Crippen LogP) is 3.85. The van der Waals surface area contributed by atoms with Gasteiger partial charge >= 0.3 is 0 Å². The number of aromatic nitrogens is 2. The number of hydrogen-bond acceptors (Lipinski definition) is 2. The first-order chi connectivity index (χ1) is 10.1. The first kappa shape index (κ1) is 12.1. The highest BCUT2D eigenvalue weighted by atomic mass is 15.2. The normalized spacial score (nSPS) is 37.5. The standard InChI is InChI=1S/C18H23N3/c1-11-3-2-4-15-16(11)20-17(19)21(15)18-8-12-5-13(9-18)7-14(6-12)10-18/h2-4,12-14H,5-10H2,1H3,(H2,19,20). The number of anilines is 1. The second kappa shape index (κ2) is 3.82. The molecule has 4 aliphatic rings. The number of benzene rings is 1. The second-order valence-electron chi connectivity index (χ2n) is 7.89. The van der Waals surface area contributed by atoms with Gasteiger partial charge in [-0.25, -0.2) is 4.98 Å². The van der Waals surface area contributed by atoms with Gasteiger partial charge in [0.2, 0.25) is 5.95 Å². The number of hydrogen-bond donors (Lipinski definition) is 1. The third-order valence-corrected chi connectivity index (χ3v) is 6.39. The van der Waals surface area contributed by atoms with E-state index >= 15 is 0 Å². The predicted molar refractivity (Wildman–Crippen MR) is 85.0 cm³/mol. The number of nitrogen functional groups attached to an aromatic ring is 1. The summed E-state index contributed by atoms with van der Waals surface area (Å²) < 4.78 is 2.43. The van der Waals surface area contributed by atoms with Gasteiger partial charge in [-0.05, 0) is 74.8 Å². The molecule has 4 aliphatic carbocycles. The molecule has 6 rings (SSSR count). The average molecular weight is 281 g/mol. The summed E-state index contributed by atoms with van der Waals surface area (Å²) in [5.74, 6) is 3.52. The van der Waals surface area contributed by atoms with Gasteiger partial charge in [-0.1, -0.05) is 12.1 Å². The third kappa shape index (κ3) is 1.52. The molecule has 0 spiro atoms. The summed E-state index contributed by atoms with van der Waals surface area (Å²) in [5, 5.41) is 0. The number of fused-ring (bicyclic) bond motifs is 1. The van der Waals surface area contributed by atoms with Crippen LogP contribution in [0.4, 0.5) is 5.95 Å². The molecule has 4 fully saturated rings. The lowest BCUT2D eigenvalue weighted by atomic mass is 9.53. The average Bonchev–Trinajstić information content (AvgIpc) is 2.75. The number of aryl methyl sites for hydroxylation is 1. The lowest BCUT2D eigenvalue weighted by Gasteiger charge is -2.57. The van der Waals surface area contributed by atoms with Crippen molar-refractivity contribution in [3.05, 3.63) is 23.8 Å². The Bertz CT molecular complexity index is 692. The van der Waals surface area contributed by atoms with Crippen LogP contribution in [0, 0.1) is 24.7 Å². The molecule has 0 atom stereocenters. The van der Waals surface area contributed by atoms with Crippen molar-refractivity contribution in [2.45, 2.75) is 51.0 Å². The van der Waals surface area contributed by atoms with Crippen molar-refractivity contribution in [2.24, 2.45) is 17.8 Å². The van der Waals surface area contributed by atoms with Gasteiger partial charge < -0.3 is 10.3 Å². The van der Waals surface area contributed by atoms with E-state index in [2.05, 4.69) is 29.7 Å².